The molecule has 0 spiro atoms. The van der Waals surface area contributed by atoms with Crippen LogP contribution in [0.2, 0.25) is 0 Å². The lowest BCUT2D eigenvalue weighted by Crippen LogP contribution is -2.43. The highest BCUT2D eigenvalue weighted by Gasteiger charge is 2.27. The van der Waals surface area contributed by atoms with Crippen molar-refractivity contribution in [3.8, 4) is 0 Å². The van der Waals surface area contributed by atoms with Crippen molar-refractivity contribution in [2.24, 2.45) is 0 Å². The van der Waals surface area contributed by atoms with Gasteiger partial charge in [-0.25, -0.2) is 4.98 Å². The molecule has 1 aliphatic rings. The Hall–Kier alpha value is -0.610. The zero-order chi connectivity index (χ0) is 12.4. The molecular formula is C13H19BrN2O. The van der Waals surface area contributed by atoms with Crippen molar-refractivity contribution in [3.63, 3.8) is 0 Å². The second-order valence-electron chi connectivity index (χ2n) is 4.82. The van der Waals surface area contributed by atoms with Crippen LogP contribution >= 0.6 is 15.9 Å². The normalized spacial score (nSPS) is 24.7. The summed E-state index contributed by atoms with van der Waals surface area (Å²) < 4.78 is 1.03. The predicted octanol–water partition coefficient (Wildman–Crippen LogP) is 2.89. The third kappa shape index (κ3) is 2.80. The minimum absolute atomic E-state index is 0.205. The van der Waals surface area contributed by atoms with Crippen LogP contribution in [-0.4, -0.2) is 29.3 Å². The molecule has 3 nitrogen and oxygen atoms in total. The lowest BCUT2D eigenvalue weighted by molar-refractivity contribution is 0.106. The summed E-state index contributed by atoms with van der Waals surface area (Å²) in [5.74, 6) is 0.941. The van der Waals surface area contributed by atoms with Gasteiger partial charge in [0.25, 0.3) is 0 Å². The lowest BCUT2D eigenvalue weighted by atomic mass is 9.91. The van der Waals surface area contributed by atoms with Crippen LogP contribution in [0.1, 0.15) is 31.2 Å². The van der Waals surface area contributed by atoms with Crippen molar-refractivity contribution in [2.75, 3.05) is 11.9 Å². The summed E-state index contributed by atoms with van der Waals surface area (Å²) in [6.45, 7) is 2.06. The third-order valence-corrected chi connectivity index (χ3v) is 4.42. The van der Waals surface area contributed by atoms with Crippen molar-refractivity contribution >= 4 is 21.7 Å². The fourth-order valence-electron chi connectivity index (χ4n) is 2.43. The molecule has 0 amide bonds. The number of aromatic nitrogens is 1. The molecule has 0 bridgehead atoms. The van der Waals surface area contributed by atoms with E-state index in [1.54, 1.807) is 0 Å². The van der Waals surface area contributed by atoms with Gasteiger partial charge in [0.05, 0.1) is 12.1 Å². The highest BCUT2D eigenvalue weighted by Crippen LogP contribution is 2.27. The number of anilines is 1. The van der Waals surface area contributed by atoms with Gasteiger partial charge >= 0.3 is 0 Å². The van der Waals surface area contributed by atoms with Crippen molar-refractivity contribution in [2.45, 2.75) is 44.8 Å². The van der Waals surface area contributed by atoms with Crippen LogP contribution < -0.4 is 4.90 Å². The number of halogens is 1. The van der Waals surface area contributed by atoms with E-state index in [0.29, 0.717) is 0 Å². The SMILES string of the molecule is Cc1cc(N(C)C2CCCCC2O)ncc1Br. The monoisotopic (exact) mass is 298 g/mol. The largest absolute Gasteiger partial charge is 0.391 e. The molecule has 1 aromatic heterocycles. The lowest BCUT2D eigenvalue weighted by Gasteiger charge is -2.36. The number of rotatable bonds is 2. The molecule has 1 aliphatic carbocycles. The van der Waals surface area contributed by atoms with Crippen LogP contribution in [0, 0.1) is 6.92 Å². The van der Waals surface area contributed by atoms with Crippen molar-refractivity contribution in [1.82, 2.24) is 4.98 Å². The van der Waals surface area contributed by atoms with Crippen LogP contribution in [0.4, 0.5) is 5.82 Å². The Balaban J connectivity index is 2.17. The topological polar surface area (TPSA) is 36.4 Å². The number of nitrogens with zero attached hydrogens (tertiary/aromatic N) is 2. The minimum atomic E-state index is -0.223. The molecule has 0 radical (unpaired) electrons. The Kier molecular flexibility index (Phi) is 4.05. The maximum atomic E-state index is 10.0. The molecule has 1 aromatic rings. The van der Waals surface area contributed by atoms with E-state index < -0.39 is 0 Å². The number of aliphatic hydroxyl groups excluding tert-OH is 1. The minimum Gasteiger partial charge on any atom is -0.391 e. The Morgan fingerprint density at radius 2 is 2.12 bits per heavy atom. The Labute approximate surface area is 111 Å². The Morgan fingerprint density at radius 1 is 1.41 bits per heavy atom. The summed E-state index contributed by atoms with van der Waals surface area (Å²) in [6, 6.07) is 2.27. The van der Waals surface area contributed by atoms with Crippen LogP contribution in [0.3, 0.4) is 0 Å². The molecule has 4 heteroatoms. The fourth-order valence-corrected chi connectivity index (χ4v) is 2.65. The molecule has 17 heavy (non-hydrogen) atoms. The van der Waals surface area contributed by atoms with E-state index in [0.717, 1.165) is 29.6 Å². The summed E-state index contributed by atoms with van der Waals surface area (Å²) in [7, 11) is 2.02. The maximum absolute atomic E-state index is 10.0. The zero-order valence-electron chi connectivity index (χ0n) is 10.4. The quantitative estimate of drug-likeness (QED) is 0.912. The van der Waals surface area contributed by atoms with Gasteiger partial charge in [0.15, 0.2) is 0 Å². The highest BCUT2D eigenvalue weighted by molar-refractivity contribution is 9.10. The molecule has 0 aromatic carbocycles. The summed E-state index contributed by atoms with van der Waals surface area (Å²) in [4.78, 5) is 6.53. The number of aryl methyl sites for hydroxylation is 1. The van der Waals surface area contributed by atoms with Crippen molar-refractivity contribution < 1.29 is 5.11 Å². The van der Waals surface area contributed by atoms with Crippen molar-refractivity contribution in [3.05, 3.63) is 22.3 Å². The van der Waals surface area contributed by atoms with E-state index in [9.17, 15) is 5.11 Å². The molecule has 2 unspecified atom stereocenters. The van der Waals surface area contributed by atoms with E-state index in [4.69, 9.17) is 0 Å². The number of hydrogen-bond acceptors (Lipinski definition) is 3. The van der Waals surface area contributed by atoms with E-state index in [-0.39, 0.29) is 12.1 Å². The van der Waals surface area contributed by atoms with E-state index in [1.807, 2.05) is 13.2 Å². The molecule has 0 saturated heterocycles. The van der Waals surface area contributed by atoms with Gasteiger partial charge < -0.3 is 10.0 Å². The number of pyridine rings is 1. The van der Waals surface area contributed by atoms with Crippen molar-refractivity contribution in [1.29, 1.82) is 0 Å². The first-order chi connectivity index (χ1) is 8.09. The number of likely N-dealkylation sites (N-methyl/N-ethyl adjacent to an activating group) is 1. The second kappa shape index (κ2) is 5.36. The smallest absolute Gasteiger partial charge is 0.128 e. The van der Waals surface area contributed by atoms with E-state index >= 15 is 0 Å². The average molecular weight is 299 g/mol. The predicted molar refractivity (Wildman–Crippen MR) is 73.3 cm³/mol. The van der Waals surface area contributed by atoms with Crippen LogP contribution in [0.25, 0.3) is 0 Å². The molecule has 2 atom stereocenters. The number of hydrogen-bond donors (Lipinski definition) is 1. The van der Waals surface area contributed by atoms with Gasteiger partial charge in [0, 0.05) is 17.7 Å². The molecule has 2 rings (SSSR count). The first-order valence-electron chi connectivity index (χ1n) is 6.12. The molecule has 0 aliphatic heterocycles. The second-order valence-corrected chi connectivity index (χ2v) is 5.68. The Bertz CT molecular complexity index is 397. The summed E-state index contributed by atoms with van der Waals surface area (Å²) in [5, 5.41) is 10.0. The van der Waals surface area contributed by atoms with Gasteiger partial charge in [0.2, 0.25) is 0 Å². The first-order valence-corrected chi connectivity index (χ1v) is 6.92. The van der Waals surface area contributed by atoms with Crippen LogP contribution in [-0.2, 0) is 0 Å². The van der Waals surface area contributed by atoms with Gasteiger partial charge in [-0.1, -0.05) is 12.8 Å². The third-order valence-electron chi connectivity index (χ3n) is 3.59. The van der Waals surface area contributed by atoms with Crippen LogP contribution in [0.5, 0.6) is 0 Å². The highest BCUT2D eigenvalue weighted by atomic mass is 79.9. The summed E-state index contributed by atoms with van der Waals surface area (Å²) >= 11 is 3.46. The molecule has 1 fully saturated rings. The van der Waals surface area contributed by atoms with E-state index in [2.05, 4.69) is 38.8 Å². The fraction of sp³-hybridized carbons (Fsp3) is 0.615. The zero-order valence-corrected chi connectivity index (χ0v) is 11.9. The summed E-state index contributed by atoms with van der Waals surface area (Å²) in [5.41, 5.74) is 1.17. The average Bonchev–Trinajstić information content (AvgIpc) is 2.32. The van der Waals surface area contributed by atoms with Gasteiger partial charge in [-0.3, -0.25) is 0 Å². The van der Waals surface area contributed by atoms with E-state index in [1.165, 1.54) is 12.0 Å². The van der Waals surface area contributed by atoms with Gasteiger partial charge in [0.1, 0.15) is 5.82 Å². The molecule has 94 valence electrons. The van der Waals surface area contributed by atoms with Gasteiger partial charge in [-0.2, -0.15) is 0 Å². The summed E-state index contributed by atoms with van der Waals surface area (Å²) in [6.07, 6.45) is 5.90. The Morgan fingerprint density at radius 3 is 2.76 bits per heavy atom. The molecule has 1 heterocycles. The maximum Gasteiger partial charge on any atom is 0.128 e. The first kappa shape index (κ1) is 12.8. The van der Waals surface area contributed by atoms with Gasteiger partial charge in [-0.05, 0) is 47.3 Å². The molecule has 1 N–H and O–H groups in total. The molecule has 1 saturated carbocycles. The van der Waals surface area contributed by atoms with Crippen LogP contribution in [0.15, 0.2) is 16.7 Å². The number of aliphatic hydroxyl groups is 1. The molecular weight excluding hydrogens is 280 g/mol. The standard InChI is InChI=1S/C13H19BrN2O/c1-9-7-13(15-8-10(9)14)16(2)11-5-3-4-6-12(11)17/h7-8,11-12,17H,3-6H2,1-2H3. The van der Waals surface area contributed by atoms with Gasteiger partial charge in [-0.15, -0.1) is 0 Å².